The Bertz CT molecular complexity index is 1150. The lowest BCUT2D eigenvalue weighted by Gasteiger charge is -2.06. The van der Waals surface area contributed by atoms with Gasteiger partial charge in [0, 0.05) is 29.4 Å². The standard InChI is InChI=1S/C24H25N3O3S/c1-3-30-21-10-6-18(7-11-21)22-15-27-19(16-31-24(27)26-22)14-23(28)25-13-12-17-4-8-20(29-2)9-5-17/h4-11,15-16H,3,12-14H2,1-2H3,(H,25,28). The smallest absolute Gasteiger partial charge is 0.225 e. The third-order valence-corrected chi connectivity index (χ3v) is 5.87. The molecule has 1 N–H and O–H groups in total. The minimum Gasteiger partial charge on any atom is -0.497 e. The molecule has 4 rings (SSSR count). The van der Waals surface area contributed by atoms with Crippen LogP contribution in [0.4, 0.5) is 0 Å². The topological polar surface area (TPSA) is 64.9 Å². The van der Waals surface area contributed by atoms with Gasteiger partial charge in [-0.15, -0.1) is 11.3 Å². The number of thiazole rings is 1. The van der Waals surface area contributed by atoms with Gasteiger partial charge in [-0.3, -0.25) is 9.20 Å². The Morgan fingerprint density at radius 3 is 2.55 bits per heavy atom. The van der Waals surface area contributed by atoms with Crippen molar-refractivity contribution in [3.05, 3.63) is 71.4 Å². The summed E-state index contributed by atoms with van der Waals surface area (Å²) in [5, 5.41) is 5.00. The molecule has 4 aromatic rings. The Hall–Kier alpha value is -3.32. The summed E-state index contributed by atoms with van der Waals surface area (Å²) in [6.07, 6.45) is 3.09. The Labute approximate surface area is 185 Å². The second-order valence-electron chi connectivity index (χ2n) is 7.09. The zero-order chi connectivity index (χ0) is 21.6. The molecule has 160 valence electrons. The monoisotopic (exact) mass is 435 g/mol. The van der Waals surface area contributed by atoms with E-state index in [-0.39, 0.29) is 5.91 Å². The van der Waals surface area contributed by atoms with Gasteiger partial charge < -0.3 is 14.8 Å². The van der Waals surface area contributed by atoms with Gasteiger partial charge in [0.1, 0.15) is 11.5 Å². The first-order valence-corrected chi connectivity index (χ1v) is 11.1. The summed E-state index contributed by atoms with van der Waals surface area (Å²) in [4.78, 5) is 18.0. The van der Waals surface area contributed by atoms with Crippen LogP contribution < -0.4 is 14.8 Å². The van der Waals surface area contributed by atoms with E-state index < -0.39 is 0 Å². The molecule has 7 heteroatoms. The van der Waals surface area contributed by atoms with E-state index in [0.717, 1.165) is 45.4 Å². The molecule has 0 atom stereocenters. The molecule has 0 fully saturated rings. The van der Waals surface area contributed by atoms with E-state index in [1.807, 2.05) is 71.4 Å². The number of benzene rings is 2. The molecule has 6 nitrogen and oxygen atoms in total. The summed E-state index contributed by atoms with van der Waals surface area (Å²) >= 11 is 1.54. The molecule has 2 aromatic carbocycles. The molecule has 0 aliphatic heterocycles. The van der Waals surface area contributed by atoms with Gasteiger partial charge in [-0.1, -0.05) is 12.1 Å². The van der Waals surface area contributed by atoms with Crippen LogP contribution in [-0.2, 0) is 17.6 Å². The number of amides is 1. The number of ether oxygens (including phenoxy) is 2. The highest BCUT2D eigenvalue weighted by molar-refractivity contribution is 7.15. The lowest BCUT2D eigenvalue weighted by Crippen LogP contribution is -2.27. The first-order valence-electron chi connectivity index (χ1n) is 10.2. The normalized spacial score (nSPS) is 10.9. The second kappa shape index (κ2) is 9.66. The van der Waals surface area contributed by atoms with Crippen molar-refractivity contribution >= 4 is 22.2 Å². The number of rotatable bonds is 9. The Kier molecular flexibility index (Phi) is 6.52. The number of carbonyl (C=O) groups excluding carboxylic acids is 1. The van der Waals surface area contributed by atoms with Crippen molar-refractivity contribution in [2.24, 2.45) is 0 Å². The van der Waals surface area contributed by atoms with Crippen molar-refractivity contribution in [1.82, 2.24) is 14.7 Å². The maximum Gasteiger partial charge on any atom is 0.225 e. The van der Waals surface area contributed by atoms with E-state index in [4.69, 9.17) is 14.5 Å². The van der Waals surface area contributed by atoms with E-state index in [0.29, 0.717) is 19.6 Å². The van der Waals surface area contributed by atoms with Crippen LogP contribution in [0, 0.1) is 0 Å². The molecule has 0 spiro atoms. The largest absolute Gasteiger partial charge is 0.497 e. The highest BCUT2D eigenvalue weighted by Crippen LogP contribution is 2.25. The molecule has 0 aliphatic carbocycles. The van der Waals surface area contributed by atoms with Crippen LogP contribution >= 0.6 is 11.3 Å². The van der Waals surface area contributed by atoms with E-state index in [1.165, 1.54) is 0 Å². The van der Waals surface area contributed by atoms with Gasteiger partial charge >= 0.3 is 0 Å². The van der Waals surface area contributed by atoms with Crippen molar-refractivity contribution in [3.8, 4) is 22.8 Å². The fourth-order valence-corrected chi connectivity index (χ4v) is 4.22. The van der Waals surface area contributed by atoms with Crippen molar-refractivity contribution in [1.29, 1.82) is 0 Å². The maximum absolute atomic E-state index is 12.4. The maximum atomic E-state index is 12.4. The zero-order valence-electron chi connectivity index (χ0n) is 17.6. The van der Waals surface area contributed by atoms with Crippen LogP contribution in [-0.4, -0.2) is 35.6 Å². The summed E-state index contributed by atoms with van der Waals surface area (Å²) in [5.74, 6) is 1.68. The lowest BCUT2D eigenvalue weighted by atomic mass is 10.1. The Morgan fingerprint density at radius 2 is 1.84 bits per heavy atom. The first kappa shape index (κ1) is 20.9. The fraction of sp³-hybridized carbons (Fsp3) is 0.250. The number of aromatic nitrogens is 2. The van der Waals surface area contributed by atoms with Crippen LogP contribution in [0.3, 0.4) is 0 Å². The number of hydrogen-bond acceptors (Lipinski definition) is 5. The number of imidazole rings is 1. The van der Waals surface area contributed by atoms with Gasteiger partial charge in [-0.2, -0.15) is 0 Å². The molecule has 0 unspecified atom stereocenters. The van der Waals surface area contributed by atoms with Crippen molar-refractivity contribution in [2.45, 2.75) is 19.8 Å². The van der Waals surface area contributed by atoms with Crippen LogP contribution in [0.15, 0.2) is 60.1 Å². The minimum atomic E-state index is 0.00419. The molecule has 31 heavy (non-hydrogen) atoms. The van der Waals surface area contributed by atoms with Crippen molar-refractivity contribution in [2.75, 3.05) is 20.3 Å². The van der Waals surface area contributed by atoms with Gasteiger partial charge in [0.2, 0.25) is 5.91 Å². The Morgan fingerprint density at radius 1 is 1.10 bits per heavy atom. The molecular weight excluding hydrogens is 410 g/mol. The number of fused-ring (bicyclic) bond motifs is 1. The van der Waals surface area contributed by atoms with E-state index in [1.54, 1.807) is 18.4 Å². The van der Waals surface area contributed by atoms with Crippen molar-refractivity contribution < 1.29 is 14.3 Å². The van der Waals surface area contributed by atoms with Crippen molar-refractivity contribution in [3.63, 3.8) is 0 Å². The number of methoxy groups -OCH3 is 1. The highest BCUT2D eigenvalue weighted by atomic mass is 32.1. The molecule has 0 radical (unpaired) electrons. The minimum absolute atomic E-state index is 0.00419. The average Bonchev–Trinajstić information content (AvgIpc) is 3.37. The molecule has 0 saturated heterocycles. The van der Waals surface area contributed by atoms with E-state index >= 15 is 0 Å². The molecule has 2 aromatic heterocycles. The Balaban J connectivity index is 1.36. The van der Waals surface area contributed by atoms with Crippen LogP contribution in [0.25, 0.3) is 16.2 Å². The van der Waals surface area contributed by atoms with Crippen LogP contribution in [0.1, 0.15) is 18.2 Å². The van der Waals surface area contributed by atoms with Gasteiger partial charge in [0.15, 0.2) is 4.96 Å². The SMILES string of the molecule is CCOc1ccc(-c2cn3c(CC(=O)NCCc4ccc(OC)cc4)csc3n2)cc1. The quantitative estimate of drug-likeness (QED) is 0.424. The zero-order valence-corrected chi connectivity index (χ0v) is 18.4. The van der Waals surface area contributed by atoms with Crippen LogP contribution in [0.2, 0.25) is 0 Å². The number of carbonyl (C=O) groups is 1. The van der Waals surface area contributed by atoms with Gasteiger partial charge in [0.25, 0.3) is 0 Å². The second-order valence-corrected chi connectivity index (χ2v) is 7.92. The molecule has 0 bridgehead atoms. The predicted octanol–water partition coefficient (Wildman–Crippen LogP) is 4.37. The lowest BCUT2D eigenvalue weighted by molar-refractivity contribution is -0.120. The predicted molar refractivity (Wildman–Crippen MR) is 123 cm³/mol. The molecule has 0 aliphatic rings. The summed E-state index contributed by atoms with van der Waals surface area (Å²) in [6.45, 7) is 3.21. The van der Waals surface area contributed by atoms with E-state index in [2.05, 4.69) is 5.32 Å². The third-order valence-electron chi connectivity index (χ3n) is 4.98. The summed E-state index contributed by atoms with van der Waals surface area (Å²) in [7, 11) is 1.65. The van der Waals surface area contributed by atoms with Gasteiger partial charge in [-0.05, 0) is 55.3 Å². The van der Waals surface area contributed by atoms with Gasteiger partial charge in [0.05, 0.1) is 25.8 Å². The first-order chi connectivity index (χ1) is 15.2. The van der Waals surface area contributed by atoms with Gasteiger partial charge in [-0.25, -0.2) is 4.98 Å². The fourth-order valence-electron chi connectivity index (χ4n) is 3.35. The van der Waals surface area contributed by atoms with Crippen LogP contribution in [0.5, 0.6) is 11.5 Å². The third kappa shape index (κ3) is 5.06. The average molecular weight is 436 g/mol. The molecule has 1 amide bonds. The molecule has 2 heterocycles. The summed E-state index contributed by atoms with van der Waals surface area (Å²) in [6, 6.07) is 15.8. The molecular formula is C24H25N3O3S. The summed E-state index contributed by atoms with van der Waals surface area (Å²) < 4.78 is 12.7. The molecule has 0 saturated carbocycles. The number of hydrogen-bond donors (Lipinski definition) is 1. The van der Waals surface area contributed by atoms with E-state index in [9.17, 15) is 4.79 Å². The highest BCUT2D eigenvalue weighted by Gasteiger charge is 2.12. The number of nitrogens with one attached hydrogen (secondary N) is 1. The summed E-state index contributed by atoms with van der Waals surface area (Å²) in [5.41, 5.74) is 4.01. The number of nitrogens with zero attached hydrogens (tertiary/aromatic N) is 2.